The van der Waals surface area contributed by atoms with E-state index in [1.165, 1.54) is 0 Å². The van der Waals surface area contributed by atoms with Gasteiger partial charge >= 0.3 is 0 Å². The number of halogens is 1. The monoisotopic (exact) mass is 262 g/mol. The number of hydrogen-bond acceptors (Lipinski definition) is 3. The number of para-hydroxylation sites is 1. The van der Waals surface area contributed by atoms with Gasteiger partial charge in [-0.15, -0.1) is 0 Å². The maximum Gasteiger partial charge on any atom is 0.232 e. The minimum atomic E-state index is -3.41. The number of rotatable bonds is 5. The Morgan fingerprint density at radius 1 is 1.25 bits per heavy atom. The van der Waals surface area contributed by atoms with Crippen molar-refractivity contribution in [3.63, 3.8) is 0 Å². The van der Waals surface area contributed by atoms with E-state index in [-0.39, 0.29) is 5.75 Å². The van der Waals surface area contributed by atoms with Crippen LogP contribution in [0.3, 0.4) is 0 Å². The molecule has 0 saturated heterocycles. The Morgan fingerprint density at radius 3 is 2.31 bits per heavy atom. The zero-order valence-electron chi connectivity index (χ0n) is 9.36. The van der Waals surface area contributed by atoms with E-state index in [9.17, 15) is 8.42 Å². The van der Waals surface area contributed by atoms with Crippen LogP contribution in [0.1, 0.15) is 17.5 Å². The van der Waals surface area contributed by atoms with Gasteiger partial charge in [0, 0.05) is 10.7 Å². The van der Waals surface area contributed by atoms with Crippen LogP contribution < -0.4 is 4.74 Å². The van der Waals surface area contributed by atoms with Gasteiger partial charge in [0.15, 0.2) is 0 Å². The van der Waals surface area contributed by atoms with Gasteiger partial charge in [-0.05, 0) is 31.4 Å². The Balaban J connectivity index is 2.49. The van der Waals surface area contributed by atoms with E-state index >= 15 is 0 Å². The average molecular weight is 263 g/mol. The first-order valence-electron chi connectivity index (χ1n) is 5.01. The summed E-state index contributed by atoms with van der Waals surface area (Å²) in [5, 5.41) is 0. The highest BCUT2D eigenvalue weighted by atomic mass is 35.7. The third kappa shape index (κ3) is 4.41. The lowest BCUT2D eigenvalue weighted by molar-refractivity contribution is 0.313. The fourth-order valence-corrected chi connectivity index (χ4v) is 2.22. The van der Waals surface area contributed by atoms with Crippen LogP contribution in [-0.2, 0) is 9.05 Å². The normalized spacial score (nSPS) is 11.4. The van der Waals surface area contributed by atoms with Gasteiger partial charge in [-0.1, -0.05) is 18.2 Å². The summed E-state index contributed by atoms with van der Waals surface area (Å²) in [7, 11) is 1.69. The SMILES string of the molecule is Cc1cccc(C)c1OCCCS(=O)(=O)Cl. The lowest BCUT2D eigenvalue weighted by Gasteiger charge is -2.11. The van der Waals surface area contributed by atoms with Crippen LogP contribution in [0.5, 0.6) is 5.75 Å². The average Bonchev–Trinajstić information content (AvgIpc) is 2.14. The highest BCUT2D eigenvalue weighted by molar-refractivity contribution is 8.13. The molecule has 16 heavy (non-hydrogen) atoms. The summed E-state index contributed by atoms with van der Waals surface area (Å²) in [5.41, 5.74) is 2.10. The first kappa shape index (κ1) is 13.3. The van der Waals surface area contributed by atoms with Crippen molar-refractivity contribution in [2.45, 2.75) is 20.3 Å². The third-order valence-corrected chi connectivity index (χ3v) is 3.43. The number of ether oxygens (including phenoxy) is 1. The fraction of sp³-hybridized carbons (Fsp3) is 0.455. The Hall–Kier alpha value is -0.740. The molecule has 0 spiro atoms. The van der Waals surface area contributed by atoms with Gasteiger partial charge in [-0.3, -0.25) is 0 Å². The molecule has 1 aromatic rings. The van der Waals surface area contributed by atoms with Crippen molar-refractivity contribution in [1.29, 1.82) is 0 Å². The second-order valence-electron chi connectivity index (χ2n) is 3.67. The van der Waals surface area contributed by atoms with E-state index in [4.69, 9.17) is 15.4 Å². The Bertz CT molecular complexity index is 434. The molecule has 0 N–H and O–H groups in total. The van der Waals surface area contributed by atoms with E-state index < -0.39 is 9.05 Å². The predicted molar refractivity (Wildman–Crippen MR) is 65.7 cm³/mol. The fourth-order valence-electron chi connectivity index (χ4n) is 1.43. The summed E-state index contributed by atoms with van der Waals surface area (Å²) in [6, 6.07) is 5.88. The van der Waals surface area contributed by atoms with Gasteiger partial charge < -0.3 is 4.74 Å². The van der Waals surface area contributed by atoms with Gasteiger partial charge in [0.1, 0.15) is 5.75 Å². The molecule has 3 nitrogen and oxygen atoms in total. The van der Waals surface area contributed by atoms with Gasteiger partial charge in [0.2, 0.25) is 9.05 Å². The summed E-state index contributed by atoms with van der Waals surface area (Å²) in [5.74, 6) is 0.772. The van der Waals surface area contributed by atoms with E-state index in [1.54, 1.807) is 0 Å². The van der Waals surface area contributed by atoms with Crippen LogP contribution in [0.15, 0.2) is 18.2 Å². The Morgan fingerprint density at radius 2 is 1.81 bits per heavy atom. The third-order valence-electron chi connectivity index (χ3n) is 2.19. The largest absolute Gasteiger partial charge is 0.493 e. The van der Waals surface area contributed by atoms with Crippen molar-refractivity contribution in [3.05, 3.63) is 29.3 Å². The van der Waals surface area contributed by atoms with Crippen molar-refractivity contribution in [2.75, 3.05) is 12.4 Å². The maximum absolute atomic E-state index is 10.7. The quantitative estimate of drug-likeness (QED) is 0.605. The molecule has 0 aliphatic carbocycles. The second-order valence-corrected chi connectivity index (χ2v) is 6.56. The maximum atomic E-state index is 10.7. The molecule has 0 unspecified atom stereocenters. The zero-order chi connectivity index (χ0) is 12.2. The first-order valence-corrected chi connectivity index (χ1v) is 7.49. The zero-order valence-corrected chi connectivity index (χ0v) is 10.9. The molecule has 0 bridgehead atoms. The molecule has 0 heterocycles. The summed E-state index contributed by atoms with van der Waals surface area (Å²) in [4.78, 5) is 0. The molecule has 1 aromatic carbocycles. The molecule has 0 aromatic heterocycles. The van der Waals surface area contributed by atoms with Gasteiger partial charge in [0.25, 0.3) is 0 Å². The summed E-state index contributed by atoms with van der Waals surface area (Å²) >= 11 is 0. The minimum absolute atomic E-state index is 0.0561. The van der Waals surface area contributed by atoms with Crippen LogP contribution in [0.2, 0.25) is 0 Å². The van der Waals surface area contributed by atoms with Crippen molar-refractivity contribution in [3.8, 4) is 5.75 Å². The highest BCUT2D eigenvalue weighted by Crippen LogP contribution is 2.22. The standard InChI is InChI=1S/C11H15ClO3S/c1-9-5-3-6-10(2)11(9)15-7-4-8-16(12,13)14/h3,5-6H,4,7-8H2,1-2H3. The van der Waals surface area contributed by atoms with Gasteiger partial charge in [-0.2, -0.15) is 0 Å². The van der Waals surface area contributed by atoms with Crippen molar-refractivity contribution in [1.82, 2.24) is 0 Å². The van der Waals surface area contributed by atoms with E-state index in [2.05, 4.69) is 0 Å². The molecule has 0 radical (unpaired) electrons. The van der Waals surface area contributed by atoms with Crippen LogP contribution in [-0.4, -0.2) is 20.8 Å². The van der Waals surface area contributed by atoms with Crippen molar-refractivity contribution < 1.29 is 13.2 Å². The molecule has 0 amide bonds. The first-order chi connectivity index (χ1) is 7.40. The molecular formula is C11H15ClO3S. The Labute approximate surface area is 101 Å². The lowest BCUT2D eigenvalue weighted by Crippen LogP contribution is -2.06. The predicted octanol–water partition coefficient (Wildman–Crippen LogP) is 2.64. The van der Waals surface area contributed by atoms with Crippen LogP contribution in [0.4, 0.5) is 0 Å². The molecule has 0 atom stereocenters. The van der Waals surface area contributed by atoms with Crippen molar-refractivity contribution in [2.24, 2.45) is 0 Å². The minimum Gasteiger partial charge on any atom is -0.493 e. The van der Waals surface area contributed by atoms with Crippen LogP contribution >= 0.6 is 10.7 Å². The molecule has 90 valence electrons. The molecule has 0 saturated carbocycles. The van der Waals surface area contributed by atoms with E-state index in [0.29, 0.717) is 13.0 Å². The summed E-state index contributed by atoms with van der Waals surface area (Å²) < 4.78 is 26.9. The number of hydrogen-bond donors (Lipinski definition) is 0. The number of benzene rings is 1. The smallest absolute Gasteiger partial charge is 0.232 e. The molecule has 5 heteroatoms. The molecule has 1 rings (SSSR count). The van der Waals surface area contributed by atoms with E-state index in [0.717, 1.165) is 16.9 Å². The lowest BCUT2D eigenvalue weighted by atomic mass is 10.1. The van der Waals surface area contributed by atoms with Gasteiger partial charge in [-0.25, -0.2) is 8.42 Å². The highest BCUT2D eigenvalue weighted by Gasteiger charge is 2.06. The van der Waals surface area contributed by atoms with Crippen molar-refractivity contribution >= 4 is 19.7 Å². The Kier molecular flexibility index (Phi) is 4.62. The van der Waals surface area contributed by atoms with Crippen LogP contribution in [0, 0.1) is 13.8 Å². The second kappa shape index (κ2) is 5.55. The molecule has 0 fully saturated rings. The molecular weight excluding hydrogens is 248 g/mol. The molecule has 0 aliphatic heterocycles. The summed E-state index contributed by atoms with van der Waals surface area (Å²) in [6.45, 7) is 4.28. The summed E-state index contributed by atoms with van der Waals surface area (Å²) in [6.07, 6.45) is 0.402. The van der Waals surface area contributed by atoms with Gasteiger partial charge in [0.05, 0.1) is 12.4 Å². The van der Waals surface area contributed by atoms with E-state index in [1.807, 2.05) is 32.0 Å². The van der Waals surface area contributed by atoms with Crippen LogP contribution in [0.25, 0.3) is 0 Å². The molecule has 0 aliphatic rings. The number of aryl methyl sites for hydroxylation is 2. The topological polar surface area (TPSA) is 43.4 Å².